The van der Waals surface area contributed by atoms with Crippen LogP contribution in [0.3, 0.4) is 0 Å². The van der Waals surface area contributed by atoms with E-state index in [1.807, 2.05) is 0 Å². The lowest BCUT2D eigenvalue weighted by Gasteiger charge is -2.12. The lowest BCUT2D eigenvalue weighted by Crippen LogP contribution is -2.40. The van der Waals surface area contributed by atoms with Gasteiger partial charge in [0.05, 0.1) is 6.61 Å². The lowest BCUT2D eigenvalue weighted by molar-refractivity contribution is -0.141. The van der Waals surface area contributed by atoms with Crippen LogP contribution < -0.4 is 5.32 Å². The quantitative estimate of drug-likeness (QED) is 0.458. The molecule has 5 nitrogen and oxygen atoms in total. The Morgan fingerprint density at radius 3 is 2.78 bits per heavy atom. The van der Waals surface area contributed by atoms with Crippen molar-refractivity contribution < 1.29 is 19.4 Å². The maximum absolute atomic E-state index is 11.5. The molecule has 0 rings (SSSR count). The third-order valence-electron chi connectivity index (χ3n) is 2.17. The molecule has 5 heteroatoms. The van der Waals surface area contributed by atoms with Crippen LogP contribution in [0.2, 0.25) is 0 Å². The van der Waals surface area contributed by atoms with Gasteiger partial charge in [0, 0.05) is 13.0 Å². The monoisotopic (exact) mass is 255 g/mol. The average Bonchev–Trinajstić information content (AvgIpc) is 2.33. The van der Waals surface area contributed by atoms with Crippen LogP contribution in [0.5, 0.6) is 0 Å². The zero-order valence-corrected chi connectivity index (χ0v) is 10.7. The number of allylic oxidation sites excluding steroid dienone is 1. The molecule has 2 N–H and O–H groups in total. The van der Waals surface area contributed by atoms with Crippen molar-refractivity contribution in [1.82, 2.24) is 5.32 Å². The van der Waals surface area contributed by atoms with Crippen molar-refractivity contribution in [3.05, 3.63) is 24.8 Å². The van der Waals surface area contributed by atoms with Crippen molar-refractivity contribution in [3.63, 3.8) is 0 Å². The Kier molecular flexibility index (Phi) is 9.58. The Morgan fingerprint density at radius 2 is 2.22 bits per heavy atom. The third kappa shape index (κ3) is 8.52. The molecule has 1 unspecified atom stereocenters. The summed E-state index contributed by atoms with van der Waals surface area (Å²) in [5.41, 5.74) is 0. The van der Waals surface area contributed by atoms with E-state index in [2.05, 4.69) is 11.9 Å². The highest BCUT2D eigenvalue weighted by Crippen LogP contribution is 1.97. The molecule has 0 fully saturated rings. The van der Waals surface area contributed by atoms with Gasteiger partial charge in [0.2, 0.25) is 5.91 Å². The van der Waals surface area contributed by atoms with Gasteiger partial charge in [-0.25, -0.2) is 4.79 Å². The predicted molar refractivity (Wildman–Crippen MR) is 69.2 cm³/mol. The van der Waals surface area contributed by atoms with E-state index in [0.717, 1.165) is 0 Å². The van der Waals surface area contributed by atoms with E-state index in [0.29, 0.717) is 26.1 Å². The van der Waals surface area contributed by atoms with E-state index in [4.69, 9.17) is 9.84 Å². The summed E-state index contributed by atoms with van der Waals surface area (Å²) in [6.45, 7) is 6.23. The Balaban J connectivity index is 3.87. The molecule has 0 aromatic rings. The second kappa shape index (κ2) is 10.5. The number of amides is 1. The molecule has 18 heavy (non-hydrogen) atoms. The zero-order chi connectivity index (χ0) is 13.8. The molecule has 0 aliphatic rings. The summed E-state index contributed by atoms with van der Waals surface area (Å²) in [6.07, 6.45) is 6.23. The average molecular weight is 255 g/mol. The first kappa shape index (κ1) is 16.4. The third-order valence-corrected chi connectivity index (χ3v) is 2.17. The van der Waals surface area contributed by atoms with Crippen molar-refractivity contribution in [1.29, 1.82) is 0 Å². The molecule has 0 heterocycles. The van der Waals surface area contributed by atoms with Gasteiger partial charge in [-0.15, -0.1) is 6.58 Å². The van der Waals surface area contributed by atoms with E-state index >= 15 is 0 Å². The summed E-state index contributed by atoms with van der Waals surface area (Å²) in [6, 6.07) is -0.859. The fourth-order valence-corrected chi connectivity index (χ4v) is 1.26. The van der Waals surface area contributed by atoms with Gasteiger partial charge in [-0.3, -0.25) is 4.79 Å². The lowest BCUT2D eigenvalue weighted by atomic mass is 10.2. The number of hydrogen-bond donors (Lipinski definition) is 2. The number of carboxylic acid groups (broad SMARTS) is 1. The minimum absolute atomic E-state index is 0.261. The van der Waals surface area contributed by atoms with Gasteiger partial charge in [-0.05, 0) is 19.8 Å². The van der Waals surface area contributed by atoms with Crippen LogP contribution in [0.15, 0.2) is 24.8 Å². The highest BCUT2D eigenvalue weighted by molar-refractivity contribution is 5.83. The van der Waals surface area contributed by atoms with E-state index in [1.165, 1.54) is 0 Å². The van der Waals surface area contributed by atoms with Crippen LogP contribution in [0.25, 0.3) is 0 Å². The van der Waals surface area contributed by atoms with Crippen LogP contribution in [-0.4, -0.2) is 36.2 Å². The molecule has 1 atom stereocenters. The SMILES string of the molecule is C=CCOCCCC(=O)NC(C/C=C/C)C(=O)O. The number of carbonyl (C=O) groups excluding carboxylic acids is 1. The predicted octanol–water partition coefficient (Wildman–Crippen LogP) is 1.50. The smallest absolute Gasteiger partial charge is 0.326 e. The van der Waals surface area contributed by atoms with Crippen molar-refractivity contribution in [2.45, 2.75) is 32.2 Å². The molecule has 102 valence electrons. The van der Waals surface area contributed by atoms with Crippen LogP contribution >= 0.6 is 0 Å². The molecule has 1 amide bonds. The Morgan fingerprint density at radius 1 is 1.50 bits per heavy atom. The van der Waals surface area contributed by atoms with Gasteiger partial charge in [-0.1, -0.05) is 18.2 Å². The first-order chi connectivity index (χ1) is 8.61. The first-order valence-electron chi connectivity index (χ1n) is 5.93. The summed E-state index contributed by atoms with van der Waals surface area (Å²) in [7, 11) is 0. The second-order valence-electron chi connectivity index (χ2n) is 3.73. The maximum atomic E-state index is 11.5. The molecule has 0 aromatic heterocycles. The van der Waals surface area contributed by atoms with Gasteiger partial charge in [0.15, 0.2) is 0 Å². The fraction of sp³-hybridized carbons (Fsp3) is 0.538. The maximum Gasteiger partial charge on any atom is 0.326 e. The van der Waals surface area contributed by atoms with Crippen molar-refractivity contribution in [3.8, 4) is 0 Å². The summed E-state index contributed by atoms with van der Waals surface area (Å²) in [5, 5.41) is 11.4. The normalized spacial score (nSPS) is 12.3. The Hall–Kier alpha value is -1.62. The number of ether oxygens (including phenoxy) is 1. The summed E-state index contributed by atoms with van der Waals surface area (Å²) < 4.78 is 5.12. The summed E-state index contributed by atoms with van der Waals surface area (Å²) in [4.78, 5) is 22.4. The molecule has 0 saturated carbocycles. The number of carboxylic acids is 1. The Labute approximate surface area is 108 Å². The van der Waals surface area contributed by atoms with Gasteiger partial charge >= 0.3 is 5.97 Å². The van der Waals surface area contributed by atoms with E-state index in [9.17, 15) is 9.59 Å². The second-order valence-corrected chi connectivity index (χ2v) is 3.73. The molecule has 0 aromatic carbocycles. The molecular weight excluding hydrogens is 234 g/mol. The van der Waals surface area contributed by atoms with Gasteiger partial charge in [-0.2, -0.15) is 0 Å². The van der Waals surface area contributed by atoms with Crippen molar-refractivity contribution in [2.75, 3.05) is 13.2 Å². The minimum atomic E-state index is -1.02. The molecule has 0 bridgehead atoms. The molecule has 0 aliphatic heterocycles. The highest BCUT2D eigenvalue weighted by Gasteiger charge is 2.17. The van der Waals surface area contributed by atoms with Gasteiger partial charge in [0.1, 0.15) is 6.04 Å². The molecule has 0 radical (unpaired) electrons. The van der Waals surface area contributed by atoms with Gasteiger partial charge in [0.25, 0.3) is 0 Å². The molecule has 0 spiro atoms. The fourth-order valence-electron chi connectivity index (χ4n) is 1.26. The van der Waals surface area contributed by atoms with Crippen molar-refractivity contribution >= 4 is 11.9 Å². The van der Waals surface area contributed by atoms with Gasteiger partial charge < -0.3 is 15.2 Å². The summed E-state index contributed by atoms with van der Waals surface area (Å²) in [5.74, 6) is -1.29. The van der Waals surface area contributed by atoms with Crippen molar-refractivity contribution in [2.24, 2.45) is 0 Å². The number of aliphatic carboxylic acids is 1. The van der Waals surface area contributed by atoms with Crippen LogP contribution in [0.1, 0.15) is 26.2 Å². The van der Waals surface area contributed by atoms with E-state index in [1.54, 1.807) is 25.2 Å². The number of rotatable bonds is 10. The molecule has 0 saturated heterocycles. The number of carbonyl (C=O) groups is 2. The summed E-state index contributed by atoms with van der Waals surface area (Å²) >= 11 is 0. The van der Waals surface area contributed by atoms with E-state index < -0.39 is 12.0 Å². The number of hydrogen-bond acceptors (Lipinski definition) is 3. The van der Waals surface area contributed by atoms with Crippen LogP contribution in [0, 0.1) is 0 Å². The number of nitrogens with one attached hydrogen (secondary N) is 1. The first-order valence-corrected chi connectivity index (χ1v) is 5.93. The van der Waals surface area contributed by atoms with Crippen LogP contribution in [-0.2, 0) is 14.3 Å². The zero-order valence-electron chi connectivity index (χ0n) is 10.7. The minimum Gasteiger partial charge on any atom is -0.480 e. The Bertz CT molecular complexity index is 299. The molecule has 0 aliphatic carbocycles. The largest absolute Gasteiger partial charge is 0.480 e. The topological polar surface area (TPSA) is 75.6 Å². The van der Waals surface area contributed by atoms with Crippen LogP contribution in [0.4, 0.5) is 0 Å². The van der Waals surface area contributed by atoms with E-state index in [-0.39, 0.29) is 12.3 Å². The highest BCUT2D eigenvalue weighted by atomic mass is 16.5. The standard InChI is InChI=1S/C13H21NO4/c1-3-5-7-11(13(16)17)14-12(15)8-6-10-18-9-4-2/h3-5,11H,2,6-10H2,1H3,(H,14,15)(H,16,17)/b5-3+. The molecular formula is C13H21NO4.